The van der Waals surface area contributed by atoms with Crippen molar-refractivity contribution in [3.05, 3.63) is 28.8 Å². The number of rotatable bonds is 6. The van der Waals surface area contributed by atoms with Gasteiger partial charge in [0, 0.05) is 6.61 Å². The largest absolute Gasteiger partial charge is 0.480 e. The van der Waals surface area contributed by atoms with Crippen molar-refractivity contribution in [3.63, 3.8) is 0 Å². The van der Waals surface area contributed by atoms with Gasteiger partial charge in [0.25, 0.3) is 0 Å². The molecule has 0 aromatic heterocycles. The Morgan fingerprint density at radius 2 is 1.75 bits per heavy atom. The van der Waals surface area contributed by atoms with Crippen molar-refractivity contribution in [3.8, 4) is 0 Å². The molecule has 0 heterocycles. The summed E-state index contributed by atoms with van der Waals surface area (Å²) in [4.78, 5) is 11.1. The third kappa shape index (κ3) is 3.78. The van der Waals surface area contributed by atoms with Crippen LogP contribution in [0.15, 0.2) is 17.0 Å². The Morgan fingerprint density at radius 1 is 1.25 bits per heavy atom. The SMILES string of the molecule is Cc1cc(C)c(S(=O)(=O)NC(CCO)C(=O)O)c(C)c1. The summed E-state index contributed by atoms with van der Waals surface area (Å²) in [5, 5.41) is 17.8. The Labute approximate surface area is 118 Å². The van der Waals surface area contributed by atoms with Gasteiger partial charge in [0.15, 0.2) is 0 Å². The Kier molecular flexibility index (Phi) is 5.27. The standard InChI is InChI=1S/C13H19NO5S/c1-8-6-9(2)12(10(3)7-8)20(18,19)14-11(4-5-15)13(16)17/h6-7,11,14-15H,4-5H2,1-3H3,(H,16,17). The first-order valence-corrected chi connectivity index (χ1v) is 7.61. The van der Waals surface area contributed by atoms with E-state index in [-0.39, 0.29) is 11.3 Å². The van der Waals surface area contributed by atoms with E-state index in [4.69, 9.17) is 10.2 Å². The van der Waals surface area contributed by atoms with Gasteiger partial charge in [-0.1, -0.05) is 17.7 Å². The van der Waals surface area contributed by atoms with E-state index in [0.717, 1.165) is 5.56 Å². The molecule has 0 bridgehead atoms. The lowest BCUT2D eigenvalue weighted by atomic mass is 10.1. The van der Waals surface area contributed by atoms with Gasteiger partial charge in [0.1, 0.15) is 6.04 Å². The molecule has 0 saturated heterocycles. The zero-order chi connectivity index (χ0) is 15.5. The van der Waals surface area contributed by atoms with Crippen molar-refractivity contribution in [2.75, 3.05) is 6.61 Å². The van der Waals surface area contributed by atoms with Crippen molar-refractivity contribution in [1.82, 2.24) is 4.72 Å². The lowest BCUT2D eigenvalue weighted by Crippen LogP contribution is -2.41. The molecule has 3 N–H and O–H groups in total. The maximum absolute atomic E-state index is 12.3. The lowest BCUT2D eigenvalue weighted by molar-refractivity contribution is -0.139. The summed E-state index contributed by atoms with van der Waals surface area (Å²) in [6, 6.07) is 2.11. The molecule has 0 aliphatic heterocycles. The Bertz CT molecular complexity index is 586. The molecular weight excluding hydrogens is 282 g/mol. The third-order valence-electron chi connectivity index (χ3n) is 2.89. The lowest BCUT2D eigenvalue weighted by Gasteiger charge is -2.17. The smallest absolute Gasteiger partial charge is 0.321 e. The number of aryl methyl sites for hydroxylation is 3. The Balaban J connectivity index is 3.20. The highest BCUT2D eigenvalue weighted by Crippen LogP contribution is 2.22. The van der Waals surface area contributed by atoms with Crippen LogP contribution in [-0.2, 0) is 14.8 Å². The van der Waals surface area contributed by atoms with E-state index in [0.29, 0.717) is 11.1 Å². The molecule has 1 atom stereocenters. The van der Waals surface area contributed by atoms with E-state index in [1.165, 1.54) is 0 Å². The Hall–Kier alpha value is -1.44. The quantitative estimate of drug-likeness (QED) is 0.718. The fraction of sp³-hybridized carbons (Fsp3) is 0.462. The maximum Gasteiger partial charge on any atom is 0.321 e. The van der Waals surface area contributed by atoms with Gasteiger partial charge in [-0.2, -0.15) is 4.72 Å². The van der Waals surface area contributed by atoms with Gasteiger partial charge in [0.05, 0.1) is 4.90 Å². The van der Waals surface area contributed by atoms with Crippen molar-refractivity contribution < 1.29 is 23.4 Å². The van der Waals surface area contributed by atoms with Gasteiger partial charge in [-0.05, 0) is 38.3 Å². The topological polar surface area (TPSA) is 104 Å². The summed E-state index contributed by atoms with van der Waals surface area (Å²) in [7, 11) is -3.95. The molecule has 20 heavy (non-hydrogen) atoms. The molecule has 0 radical (unpaired) electrons. The van der Waals surface area contributed by atoms with Crippen LogP contribution in [0, 0.1) is 20.8 Å². The number of aliphatic hydroxyl groups is 1. The van der Waals surface area contributed by atoms with Crippen LogP contribution in [0.25, 0.3) is 0 Å². The van der Waals surface area contributed by atoms with Crippen molar-refractivity contribution in [1.29, 1.82) is 0 Å². The number of carboxylic acid groups (broad SMARTS) is 1. The summed E-state index contributed by atoms with van der Waals surface area (Å²) in [6.07, 6.45) is -0.182. The van der Waals surface area contributed by atoms with E-state index in [2.05, 4.69) is 4.72 Å². The Morgan fingerprint density at radius 3 is 2.15 bits per heavy atom. The molecule has 0 saturated carbocycles. The van der Waals surface area contributed by atoms with E-state index in [9.17, 15) is 13.2 Å². The van der Waals surface area contributed by atoms with Crippen LogP contribution in [0.5, 0.6) is 0 Å². The number of carbonyl (C=O) groups is 1. The second-order valence-corrected chi connectivity index (χ2v) is 6.40. The fourth-order valence-corrected chi connectivity index (χ4v) is 3.88. The molecule has 1 aromatic carbocycles. The minimum Gasteiger partial charge on any atom is -0.480 e. The van der Waals surface area contributed by atoms with Gasteiger partial charge < -0.3 is 10.2 Å². The fourth-order valence-electron chi connectivity index (χ4n) is 2.20. The number of hydrogen-bond acceptors (Lipinski definition) is 4. The predicted molar refractivity (Wildman–Crippen MR) is 74.1 cm³/mol. The number of benzene rings is 1. The van der Waals surface area contributed by atoms with Crippen molar-refractivity contribution in [2.24, 2.45) is 0 Å². The molecule has 0 fully saturated rings. The van der Waals surface area contributed by atoms with Crippen molar-refractivity contribution >= 4 is 16.0 Å². The van der Waals surface area contributed by atoms with Crippen LogP contribution in [0.2, 0.25) is 0 Å². The van der Waals surface area contributed by atoms with Gasteiger partial charge in [-0.25, -0.2) is 8.42 Å². The van der Waals surface area contributed by atoms with E-state index in [1.807, 2.05) is 6.92 Å². The summed E-state index contributed by atoms with van der Waals surface area (Å²) >= 11 is 0. The highest BCUT2D eigenvalue weighted by atomic mass is 32.2. The minimum absolute atomic E-state index is 0.0901. The molecule has 1 rings (SSSR count). The molecule has 0 aliphatic rings. The zero-order valence-electron chi connectivity index (χ0n) is 11.7. The van der Waals surface area contributed by atoms with Crippen LogP contribution in [0.1, 0.15) is 23.1 Å². The van der Waals surface area contributed by atoms with E-state index in [1.54, 1.807) is 26.0 Å². The van der Waals surface area contributed by atoms with Crippen LogP contribution in [0.4, 0.5) is 0 Å². The molecule has 112 valence electrons. The summed E-state index contributed by atoms with van der Waals surface area (Å²) < 4.78 is 26.8. The molecule has 7 heteroatoms. The first kappa shape index (κ1) is 16.6. The first-order chi connectivity index (χ1) is 9.19. The summed E-state index contributed by atoms with van der Waals surface area (Å²) in [5.41, 5.74) is 2.05. The van der Waals surface area contributed by atoms with Crippen molar-refractivity contribution in [2.45, 2.75) is 38.1 Å². The normalized spacial score (nSPS) is 13.2. The predicted octanol–water partition coefficient (Wildman–Crippen LogP) is 0.726. The highest BCUT2D eigenvalue weighted by molar-refractivity contribution is 7.89. The number of aliphatic carboxylic acids is 1. The van der Waals surface area contributed by atoms with Gasteiger partial charge in [-0.3, -0.25) is 4.79 Å². The second-order valence-electron chi connectivity index (χ2n) is 4.75. The number of nitrogens with one attached hydrogen (secondary N) is 1. The van der Waals surface area contributed by atoms with Crippen LogP contribution in [0.3, 0.4) is 0 Å². The zero-order valence-corrected chi connectivity index (χ0v) is 12.5. The second kappa shape index (κ2) is 6.34. The first-order valence-electron chi connectivity index (χ1n) is 6.13. The number of aliphatic hydroxyl groups excluding tert-OH is 1. The molecule has 0 amide bonds. The van der Waals surface area contributed by atoms with Crippen LogP contribution >= 0.6 is 0 Å². The monoisotopic (exact) mass is 301 g/mol. The van der Waals surface area contributed by atoms with Gasteiger partial charge in [-0.15, -0.1) is 0 Å². The van der Waals surface area contributed by atoms with Crippen LogP contribution in [-0.4, -0.2) is 37.2 Å². The molecule has 0 aliphatic carbocycles. The van der Waals surface area contributed by atoms with E-state index < -0.39 is 28.6 Å². The number of hydrogen-bond donors (Lipinski definition) is 3. The molecule has 1 unspecified atom stereocenters. The van der Waals surface area contributed by atoms with E-state index >= 15 is 0 Å². The highest BCUT2D eigenvalue weighted by Gasteiger charge is 2.27. The van der Waals surface area contributed by atoms with Crippen LogP contribution < -0.4 is 4.72 Å². The molecule has 6 nitrogen and oxygen atoms in total. The van der Waals surface area contributed by atoms with Gasteiger partial charge in [0.2, 0.25) is 10.0 Å². The average Bonchev–Trinajstić information content (AvgIpc) is 2.25. The third-order valence-corrected chi connectivity index (χ3v) is 4.66. The minimum atomic E-state index is -3.95. The number of sulfonamides is 1. The molecular formula is C13H19NO5S. The maximum atomic E-state index is 12.3. The molecule has 1 aromatic rings. The molecule has 0 spiro atoms. The average molecular weight is 301 g/mol. The number of carboxylic acids is 1. The van der Waals surface area contributed by atoms with Gasteiger partial charge >= 0.3 is 5.97 Å². The summed E-state index contributed by atoms with van der Waals surface area (Å²) in [6.45, 7) is 4.77. The summed E-state index contributed by atoms with van der Waals surface area (Å²) in [5.74, 6) is -1.31.